The van der Waals surface area contributed by atoms with Gasteiger partial charge in [-0.05, 0) is 63.3 Å². The van der Waals surface area contributed by atoms with Gasteiger partial charge in [-0.3, -0.25) is 4.79 Å². The molecule has 0 saturated heterocycles. The third-order valence-electron chi connectivity index (χ3n) is 4.87. The maximum atomic E-state index is 12.5. The Labute approximate surface area is 134 Å². The summed E-state index contributed by atoms with van der Waals surface area (Å²) in [6.45, 7) is 10.4. The Morgan fingerprint density at radius 1 is 1.27 bits per heavy atom. The highest BCUT2D eigenvalue weighted by atomic mass is 16.5. The number of ether oxygens (including phenoxy) is 1. The molecule has 0 radical (unpaired) electrons. The van der Waals surface area contributed by atoms with E-state index in [4.69, 9.17) is 4.74 Å². The zero-order chi connectivity index (χ0) is 16.3. The Hall–Kier alpha value is -1.51. The van der Waals surface area contributed by atoms with E-state index in [0.29, 0.717) is 0 Å². The number of benzene rings is 1. The summed E-state index contributed by atoms with van der Waals surface area (Å²) in [5, 5.41) is 3.11. The molecule has 2 rings (SSSR count). The molecule has 1 aromatic carbocycles. The molecular formula is C19H29NO2. The average molecular weight is 303 g/mol. The van der Waals surface area contributed by atoms with E-state index >= 15 is 0 Å². The number of aryl methyl sites for hydroxylation is 2. The van der Waals surface area contributed by atoms with Crippen molar-refractivity contribution in [2.45, 2.75) is 72.8 Å². The largest absolute Gasteiger partial charge is 0.490 e. The zero-order valence-electron chi connectivity index (χ0n) is 14.6. The summed E-state index contributed by atoms with van der Waals surface area (Å²) >= 11 is 0. The highest BCUT2D eigenvalue weighted by molar-refractivity contribution is 5.95. The van der Waals surface area contributed by atoms with Crippen LogP contribution in [0.3, 0.4) is 0 Å². The van der Waals surface area contributed by atoms with E-state index in [2.05, 4.69) is 26.1 Å². The maximum absolute atomic E-state index is 12.5. The normalized spacial score (nSPS) is 18.0. The quantitative estimate of drug-likeness (QED) is 0.831. The van der Waals surface area contributed by atoms with Crippen LogP contribution < -0.4 is 10.1 Å². The topological polar surface area (TPSA) is 38.3 Å². The second-order valence-electron chi connectivity index (χ2n) is 7.00. The first kappa shape index (κ1) is 16.9. The molecule has 122 valence electrons. The number of anilines is 1. The third-order valence-corrected chi connectivity index (χ3v) is 4.87. The van der Waals surface area contributed by atoms with Crippen molar-refractivity contribution in [2.24, 2.45) is 5.41 Å². The lowest BCUT2D eigenvalue weighted by Gasteiger charge is -2.23. The second kappa shape index (κ2) is 6.72. The van der Waals surface area contributed by atoms with Crippen molar-refractivity contribution < 1.29 is 9.53 Å². The minimum atomic E-state index is -0.201. The summed E-state index contributed by atoms with van der Waals surface area (Å²) in [6.07, 6.45) is 5.48. The molecule has 1 saturated carbocycles. The number of nitrogens with one attached hydrogen (secondary N) is 1. The fourth-order valence-corrected chi connectivity index (χ4v) is 3.16. The molecule has 1 aliphatic rings. The van der Waals surface area contributed by atoms with Crippen LogP contribution in [0.15, 0.2) is 12.1 Å². The fraction of sp³-hybridized carbons (Fsp3) is 0.632. The predicted octanol–water partition coefficient (Wildman–Crippen LogP) is 5.00. The van der Waals surface area contributed by atoms with Crippen LogP contribution in [0.4, 0.5) is 5.69 Å². The van der Waals surface area contributed by atoms with E-state index in [1.807, 2.05) is 26.0 Å². The van der Waals surface area contributed by atoms with Gasteiger partial charge in [0.15, 0.2) is 0 Å². The molecule has 0 aliphatic heterocycles. The molecule has 1 aromatic rings. The number of hydrogen-bond donors (Lipinski definition) is 1. The molecule has 0 spiro atoms. The fourth-order valence-electron chi connectivity index (χ4n) is 3.16. The minimum Gasteiger partial charge on any atom is -0.490 e. The van der Waals surface area contributed by atoms with Crippen LogP contribution in [0.5, 0.6) is 5.75 Å². The van der Waals surface area contributed by atoms with Crippen LogP contribution in [0.2, 0.25) is 0 Å². The number of rotatable bonds is 5. The standard InChI is InChI=1S/C19H29NO2/c1-6-15(4)22-17-13(2)11-16(12-14(17)3)20-18(21)19(5)9-7-8-10-19/h11-12,15H,6-10H2,1-5H3,(H,20,21)/t15-/m0/s1. The van der Waals surface area contributed by atoms with E-state index in [1.54, 1.807) is 0 Å². The molecule has 1 fully saturated rings. The van der Waals surface area contributed by atoms with Crippen molar-refractivity contribution in [1.82, 2.24) is 0 Å². The van der Waals surface area contributed by atoms with Gasteiger partial charge < -0.3 is 10.1 Å². The Morgan fingerprint density at radius 3 is 2.32 bits per heavy atom. The Bertz CT molecular complexity index is 521. The van der Waals surface area contributed by atoms with E-state index in [-0.39, 0.29) is 17.4 Å². The van der Waals surface area contributed by atoms with E-state index in [0.717, 1.165) is 54.7 Å². The van der Waals surface area contributed by atoms with Gasteiger partial charge in [0.2, 0.25) is 5.91 Å². The Morgan fingerprint density at radius 2 is 1.82 bits per heavy atom. The summed E-state index contributed by atoms with van der Waals surface area (Å²) in [4.78, 5) is 12.5. The van der Waals surface area contributed by atoms with Gasteiger partial charge in [-0.2, -0.15) is 0 Å². The summed E-state index contributed by atoms with van der Waals surface area (Å²) in [5.74, 6) is 1.10. The Kier molecular flexibility index (Phi) is 5.15. The lowest BCUT2D eigenvalue weighted by atomic mass is 9.87. The zero-order valence-corrected chi connectivity index (χ0v) is 14.6. The summed E-state index contributed by atoms with van der Waals surface area (Å²) in [6, 6.07) is 4.03. The molecule has 1 N–H and O–H groups in total. The number of carbonyl (C=O) groups is 1. The summed E-state index contributed by atoms with van der Waals surface area (Å²) < 4.78 is 5.99. The molecule has 0 bridgehead atoms. The summed E-state index contributed by atoms with van der Waals surface area (Å²) in [5.41, 5.74) is 2.83. The lowest BCUT2D eigenvalue weighted by Crippen LogP contribution is -2.30. The van der Waals surface area contributed by atoms with Crippen molar-refractivity contribution in [3.05, 3.63) is 23.3 Å². The van der Waals surface area contributed by atoms with Gasteiger partial charge in [0.1, 0.15) is 5.75 Å². The second-order valence-corrected chi connectivity index (χ2v) is 7.00. The highest BCUT2D eigenvalue weighted by Crippen LogP contribution is 2.39. The van der Waals surface area contributed by atoms with Crippen LogP contribution in [0.25, 0.3) is 0 Å². The molecular weight excluding hydrogens is 274 g/mol. The van der Waals surface area contributed by atoms with Gasteiger partial charge in [-0.25, -0.2) is 0 Å². The molecule has 22 heavy (non-hydrogen) atoms. The SMILES string of the molecule is CC[C@H](C)Oc1c(C)cc(NC(=O)C2(C)CCCC2)cc1C. The molecule has 0 heterocycles. The van der Waals surface area contributed by atoms with Crippen LogP contribution >= 0.6 is 0 Å². The van der Waals surface area contributed by atoms with E-state index in [9.17, 15) is 4.79 Å². The lowest BCUT2D eigenvalue weighted by molar-refractivity contribution is -0.124. The van der Waals surface area contributed by atoms with Crippen molar-refractivity contribution in [2.75, 3.05) is 5.32 Å². The molecule has 0 aromatic heterocycles. The van der Waals surface area contributed by atoms with Crippen molar-refractivity contribution in [3.8, 4) is 5.75 Å². The first-order chi connectivity index (χ1) is 10.4. The molecule has 1 amide bonds. The van der Waals surface area contributed by atoms with Crippen LogP contribution in [-0.2, 0) is 4.79 Å². The van der Waals surface area contributed by atoms with Crippen molar-refractivity contribution in [3.63, 3.8) is 0 Å². The average Bonchev–Trinajstić information content (AvgIpc) is 2.91. The first-order valence-corrected chi connectivity index (χ1v) is 8.45. The van der Waals surface area contributed by atoms with Crippen molar-refractivity contribution >= 4 is 11.6 Å². The monoisotopic (exact) mass is 303 g/mol. The highest BCUT2D eigenvalue weighted by Gasteiger charge is 2.36. The van der Waals surface area contributed by atoms with Gasteiger partial charge in [0.25, 0.3) is 0 Å². The summed E-state index contributed by atoms with van der Waals surface area (Å²) in [7, 11) is 0. The molecule has 1 atom stereocenters. The van der Waals surface area contributed by atoms with Crippen molar-refractivity contribution in [1.29, 1.82) is 0 Å². The molecule has 0 unspecified atom stereocenters. The minimum absolute atomic E-state index is 0.152. The van der Waals surface area contributed by atoms with Gasteiger partial charge in [0.05, 0.1) is 6.10 Å². The maximum Gasteiger partial charge on any atom is 0.230 e. The number of amides is 1. The number of hydrogen-bond acceptors (Lipinski definition) is 2. The first-order valence-electron chi connectivity index (χ1n) is 8.45. The smallest absolute Gasteiger partial charge is 0.230 e. The Balaban J connectivity index is 2.14. The van der Waals surface area contributed by atoms with Gasteiger partial charge in [-0.1, -0.05) is 26.7 Å². The van der Waals surface area contributed by atoms with Crippen LogP contribution in [0, 0.1) is 19.3 Å². The van der Waals surface area contributed by atoms with Crippen LogP contribution in [-0.4, -0.2) is 12.0 Å². The molecule has 3 heteroatoms. The van der Waals surface area contributed by atoms with Crippen LogP contribution in [0.1, 0.15) is 64.0 Å². The van der Waals surface area contributed by atoms with Gasteiger partial charge in [-0.15, -0.1) is 0 Å². The predicted molar refractivity (Wildman–Crippen MR) is 91.5 cm³/mol. The molecule has 1 aliphatic carbocycles. The van der Waals surface area contributed by atoms with Gasteiger partial charge in [0, 0.05) is 11.1 Å². The third kappa shape index (κ3) is 3.63. The van der Waals surface area contributed by atoms with Gasteiger partial charge >= 0.3 is 0 Å². The number of carbonyl (C=O) groups excluding carboxylic acids is 1. The van der Waals surface area contributed by atoms with E-state index in [1.165, 1.54) is 0 Å². The molecule has 3 nitrogen and oxygen atoms in total. The van der Waals surface area contributed by atoms with E-state index < -0.39 is 0 Å².